The number of hydrogen-bond donors (Lipinski definition) is 0. The average molecular weight is 207 g/mol. The first kappa shape index (κ1) is 9.21. The van der Waals surface area contributed by atoms with Gasteiger partial charge in [0.2, 0.25) is 0 Å². The van der Waals surface area contributed by atoms with Crippen LogP contribution in [0.5, 0.6) is 0 Å². The fourth-order valence-corrected chi connectivity index (χ4v) is 2.12. The fourth-order valence-electron chi connectivity index (χ4n) is 1.12. The minimum Gasteiger partial charge on any atom is -0.548 e. The first-order valence-electron chi connectivity index (χ1n) is 4.10. The molecule has 14 heavy (non-hydrogen) atoms. The largest absolute Gasteiger partial charge is 0.548 e. The van der Waals surface area contributed by atoms with Crippen molar-refractivity contribution in [2.75, 3.05) is 5.75 Å². The van der Waals surface area contributed by atoms with Crippen molar-refractivity contribution in [3.05, 3.63) is 30.1 Å². The monoisotopic (exact) mass is 207 g/mol. The predicted molar refractivity (Wildman–Crippen MR) is 52.0 cm³/mol. The van der Waals surface area contributed by atoms with Crippen LogP contribution >= 0.6 is 11.8 Å². The molecule has 0 saturated heterocycles. The van der Waals surface area contributed by atoms with Crippen LogP contribution in [0.4, 0.5) is 0 Å². The second-order valence-corrected chi connectivity index (χ2v) is 3.80. The Bertz CT molecular complexity index is 378. The van der Waals surface area contributed by atoms with E-state index in [-0.39, 0.29) is 0 Å². The summed E-state index contributed by atoms with van der Waals surface area (Å²) in [7, 11) is 0. The van der Waals surface area contributed by atoms with Crippen molar-refractivity contribution in [1.29, 1.82) is 0 Å². The van der Waals surface area contributed by atoms with Crippen LogP contribution in [0.2, 0.25) is 0 Å². The van der Waals surface area contributed by atoms with Crippen LogP contribution in [0.15, 0.2) is 29.4 Å². The van der Waals surface area contributed by atoms with Gasteiger partial charge in [0.15, 0.2) is 0 Å². The van der Waals surface area contributed by atoms with E-state index in [1.54, 1.807) is 12.3 Å². The van der Waals surface area contributed by atoms with Crippen LogP contribution < -0.4 is 5.11 Å². The molecule has 0 aliphatic carbocycles. The SMILES string of the molecule is O=C([O-])C1CSC(c2ccccn2)=N1. The standard InChI is InChI=1S/C9H8N2O2S/c12-9(13)7-5-14-8(11-7)6-3-1-2-4-10-6/h1-4,7H,5H2,(H,12,13)/p-1. The molecule has 1 aliphatic heterocycles. The summed E-state index contributed by atoms with van der Waals surface area (Å²) >= 11 is 1.40. The van der Waals surface area contributed by atoms with Crippen molar-refractivity contribution < 1.29 is 9.90 Å². The second kappa shape index (κ2) is 3.79. The molecule has 0 saturated carbocycles. The normalized spacial score (nSPS) is 20.6. The molecule has 1 aromatic rings. The van der Waals surface area contributed by atoms with Crippen molar-refractivity contribution >= 4 is 22.8 Å². The van der Waals surface area contributed by atoms with E-state index < -0.39 is 12.0 Å². The molecule has 0 spiro atoms. The molecule has 0 N–H and O–H groups in total. The molecule has 1 atom stereocenters. The third-order valence-corrected chi connectivity index (χ3v) is 2.88. The first-order valence-corrected chi connectivity index (χ1v) is 5.09. The third-order valence-electron chi connectivity index (χ3n) is 1.81. The van der Waals surface area contributed by atoms with Gasteiger partial charge in [0, 0.05) is 11.9 Å². The molecular formula is C9H7N2O2S-. The van der Waals surface area contributed by atoms with Crippen LogP contribution in [0, 0.1) is 0 Å². The molecule has 5 heteroatoms. The molecule has 0 fully saturated rings. The summed E-state index contributed by atoms with van der Waals surface area (Å²) in [5.41, 5.74) is 0.723. The maximum Gasteiger partial charge on any atom is 0.117 e. The first-order chi connectivity index (χ1) is 6.77. The summed E-state index contributed by atoms with van der Waals surface area (Å²) in [5.74, 6) is -0.683. The van der Waals surface area contributed by atoms with Gasteiger partial charge in [-0.1, -0.05) is 6.07 Å². The Balaban J connectivity index is 2.22. The summed E-state index contributed by atoms with van der Waals surface area (Å²) in [4.78, 5) is 18.6. The van der Waals surface area contributed by atoms with Crippen molar-refractivity contribution in [3.63, 3.8) is 0 Å². The van der Waals surface area contributed by atoms with E-state index in [1.165, 1.54) is 11.8 Å². The summed E-state index contributed by atoms with van der Waals surface area (Å²) in [6.07, 6.45) is 1.66. The summed E-state index contributed by atoms with van der Waals surface area (Å²) in [6, 6.07) is 4.73. The lowest BCUT2D eigenvalue weighted by Crippen LogP contribution is -2.34. The van der Waals surface area contributed by atoms with Gasteiger partial charge in [-0.3, -0.25) is 9.98 Å². The molecule has 0 radical (unpaired) electrons. The van der Waals surface area contributed by atoms with E-state index in [4.69, 9.17) is 0 Å². The van der Waals surface area contributed by atoms with E-state index in [9.17, 15) is 9.90 Å². The van der Waals surface area contributed by atoms with E-state index >= 15 is 0 Å². The van der Waals surface area contributed by atoms with Gasteiger partial charge in [-0.05, 0) is 12.1 Å². The number of rotatable bonds is 2. The quantitative estimate of drug-likeness (QED) is 0.667. The molecule has 72 valence electrons. The Morgan fingerprint density at radius 1 is 1.57 bits per heavy atom. The van der Waals surface area contributed by atoms with E-state index in [0.29, 0.717) is 10.8 Å². The Labute approximate surface area is 85.1 Å². The van der Waals surface area contributed by atoms with Crippen LogP contribution in [-0.2, 0) is 4.79 Å². The number of carbonyl (C=O) groups is 1. The highest BCUT2D eigenvalue weighted by Crippen LogP contribution is 2.21. The molecule has 0 amide bonds. The zero-order chi connectivity index (χ0) is 9.97. The van der Waals surface area contributed by atoms with Crippen molar-refractivity contribution in [2.45, 2.75) is 6.04 Å². The lowest BCUT2D eigenvalue weighted by molar-refractivity contribution is -0.306. The minimum absolute atomic E-state index is 0.439. The van der Waals surface area contributed by atoms with Gasteiger partial charge in [-0.15, -0.1) is 11.8 Å². The number of carboxylic acid groups (broad SMARTS) is 1. The highest BCUT2D eigenvalue weighted by molar-refractivity contribution is 8.14. The summed E-state index contributed by atoms with van der Waals surface area (Å²) in [5, 5.41) is 11.2. The number of aliphatic carboxylic acids is 1. The number of pyridine rings is 1. The van der Waals surface area contributed by atoms with E-state index in [1.807, 2.05) is 12.1 Å². The van der Waals surface area contributed by atoms with Crippen LogP contribution in [-0.4, -0.2) is 27.8 Å². The number of carbonyl (C=O) groups excluding carboxylic acids is 1. The molecule has 4 nitrogen and oxygen atoms in total. The molecular weight excluding hydrogens is 200 g/mol. The molecule has 1 aliphatic rings. The number of nitrogens with zero attached hydrogens (tertiary/aromatic N) is 2. The number of carboxylic acids is 1. The van der Waals surface area contributed by atoms with Gasteiger partial charge in [0.1, 0.15) is 11.1 Å². The zero-order valence-corrected chi connectivity index (χ0v) is 8.03. The zero-order valence-electron chi connectivity index (χ0n) is 7.21. The summed E-state index contributed by atoms with van der Waals surface area (Å²) in [6.45, 7) is 0. The predicted octanol–water partition coefficient (Wildman–Crippen LogP) is -0.307. The smallest absolute Gasteiger partial charge is 0.117 e. The third kappa shape index (κ3) is 1.77. The lowest BCUT2D eigenvalue weighted by atomic mass is 10.3. The lowest BCUT2D eigenvalue weighted by Gasteiger charge is -2.04. The van der Waals surface area contributed by atoms with Gasteiger partial charge >= 0.3 is 0 Å². The van der Waals surface area contributed by atoms with Crippen LogP contribution in [0.1, 0.15) is 5.69 Å². The van der Waals surface area contributed by atoms with Gasteiger partial charge in [-0.25, -0.2) is 0 Å². The Hall–Kier alpha value is -1.36. The fraction of sp³-hybridized carbons (Fsp3) is 0.222. The van der Waals surface area contributed by atoms with Gasteiger partial charge in [-0.2, -0.15) is 0 Å². The van der Waals surface area contributed by atoms with Crippen LogP contribution in [0.25, 0.3) is 0 Å². The highest BCUT2D eigenvalue weighted by Gasteiger charge is 2.20. The summed E-state index contributed by atoms with van der Waals surface area (Å²) < 4.78 is 0. The molecule has 1 aromatic heterocycles. The minimum atomic E-state index is -1.12. The highest BCUT2D eigenvalue weighted by atomic mass is 32.2. The molecule has 0 bridgehead atoms. The van der Waals surface area contributed by atoms with E-state index in [2.05, 4.69) is 9.98 Å². The molecule has 0 aromatic carbocycles. The maximum atomic E-state index is 10.5. The van der Waals surface area contributed by atoms with Crippen molar-refractivity contribution in [2.24, 2.45) is 4.99 Å². The average Bonchev–Trinajstić information content (AvgIpc) is 2.68. The number of hydrogen-bond acceptors (Lipinski definition) is 5. The van der Waals surface area contributed by atoms with Crippen molar-refractivity contribution in [3.8, 4) is 0 Å². The van der Waals surface area contributed by atoms with E-state index in [0.717, 1.165) is 5.69 Å². The second-order valence-electron chi connectivity index (χ2n) is 2.80. The van der Waals surface area contributed by atoms with Crippen LogP contribution in [0.3, 0.4) is 0 Å². The maximum absolute atomic E-state index is 10.5. The number of aliphatic imine (C=N–C) groups is 1. The Kier molecular flexibility index (Phi) is 2.49. The molecule has 1 unspecified atom stereocenters. The molecule has 2 heterocycles. The Morgan fingerprint density at radius 3 is 3.00 bits per heavy atom. The van der Waals surface area contributed by atoms with Gasteiger partial charge in [0.25, 0.3) is 0 Å². The Morgan fingerprint density at radius 2 is 2.43 bits per heavy atom. The van der Waals surface area contributed by atoms with Crippen molar-refractivity contribution in [1.82, 2.24) is 4.98 Å². The topological polar surface area (TPSA) is 65.4 Å². The molecule has 2 rings (SSSR count). The van der Waals surface area contributed by atoms with Gasteiger partial charge < -0.3 is 9.90 Å². The van der Waals surface area contributed by atoms with Gasteiger partial charge in [0.05, 0.1) is 11.7 Å². The number of aromatic nitrogens is 1. The number of thioether (sulfide) groups is 1.